The minimum Gasteiger partial charge on any atom is -0.483 e. The number of carbonyl (C=O) groups is 1. The summed E-state index contributed by atoms with van der Waals surface area (Å²) in [5.74, 6) is 0.407. The molecule has 5 nitrogen and oxygen atoms in total. The number of ether oxygens (including phenoxy) is 1. The lowest BCUT2D eigenvalue weighted by atomic mass is 10.2. The van der Waals surface area contributed by atoms with E-state index in [0.29, 0.717) is 5.75 Å². The van der Waals surface area contributed by atoms with Crippen molar-refractivity contribution in [2.45, 2.75) is 12.8 Å². The van der Waals surface area contributed by atoms with E-state index in [4.69, 9.17) is 4.74 Å². The Morgan fingerprint density at radius 3 is 2.60 bits per heavy atom. The highest BCUT2D eigenvalue weighted by molar-refractivity contribution is 14.1. The van der Waals surface area contributed by atoms with Crippen LogP contribution in [0, 0.1) is 3.57 Å². The highest BCUT2D eigenvalue weighted by Crippen LogP contribution is 2.20. The van der Waals surface area contributed by atoms with Gasteiger partial charge in [0.1, 0.15) is 5.75 Å². The van der Waals surface area contributed by atoms with Gasteiger partial charge in [-0.2, -0.15) is 5.10 Å². The molecule has 0 aromatic heterocycles. The van der Waals surface area contributed by atoms with Crippen LogP contribution in [-0.4, -0.2) is 31.8 Å². The predicted octanol–water partition coefficient (Wildman–Crippen LogP) is 3.42. The summed E-state index contributed by atoms with van der Waals surface area (Å²) in [5, 5.41) is 3.98. The summed E-state index contributed by atoms with van der Waals surface area (Å²) < 4.78 is 6.44. The first-order valence-electron chi connectivity index (χ1n) is 8.26. The number of para-hydroxylation sites is 1. The van der Waals surface area contributed by atoms with Crippen molar-refractivity contribution in [2.24, 2.45) is 5.10 Å². The molecule has 25 heavy (non-hydrogen) atoms. The second-order valence-electron chi connectivity index (χ2n) is 5.80. The van der Waals surface area contributed by atoms with Gasteiger partial charge in [-0.05, 0) is 65.3 Å². The molecule has 1 heterocycles. The highest BCUT2D eigenvalue weighted by Gasteiger charge is 2.11. The van der Waals surface area contributed by atoms with Crippen LogP contribution in [0.15, 0.2) is 53.6 Å². The fourth-order valence-electron chi connectivity index (χ4n) is 2.66. The standard InChI is InChI=1S/C19H20IN3O2/c20-17-5-1-2-6-18(17)25-14-19(24)22-21-13-15-7-9-16(10-8-15)23-11-3-4-12-23/h1-2,5-10,13H,3-4,11-12,14H2,(H,22,24)/b21-13+. The van der Waals surface area contributed by atoms with Crippen molar-refractivity contribution in [3.63, 3.8) is 0 Å². The van der Waals surface area contributed by atoms with Crippen molar-refractivity contribution < 1.29 is 9.53 Å². The van der Waals surface area contributed by atoms with E-state index in [9.17, 15) is 4.79 Å². The van der Waals surface area contributed by atoms with Crippen LogP contribution in [0.4, 0.5) is 5.69 Å². The van der Waals surface area contributed by atoms with Crippen LogP contribution in [0.1, 0.15) is 18.4 Å². The summed E-state index contributed by atoms with van der Waals surface area (Å²) in [6, 6.07) is 15.8. The molecule has 1 amide bonds. The van der Waals surface area contributed by atoms with E-state index in [2.05, 4.69) is 50.2 Å². The Labute approximate surface area is 161 Å². The number of benzene rings is 2. The van der Waals surface area contributed by atoms with Crippen molar-refractivity contribution in [3.8, 4) is 5.75 Å². The molecule has 6 heteroatoms. The molecule has 0 bridgehead atoms. The zero-order valence-electron chi connectivity index (χ0n) is 13.8. The van der Waals surface area contributed by atoms with E-state index in [0.717, 1.165) is 22.2 Å². The number of carbonyl (C=O) groups excluding carboxylic acids is 1. The molecular formula is C19H20IN3O2. The van der Waals surface area contributed by atoms with Gasteiger partial charge >= 0.3 is 0 Å². The first-order valence-corrected chi connectivity index (χ1v) is 9.34. The monoisotopic (exact) mass is 449 g/mol. The molecule has 1 saturated heterocycles. The molecule has 1 N–H and O–H groups in total. The summed E-state index contributed by atoms with van der Waals surface area (Å²) in [5.41, 5.74) is 4.67. The van der Waals surface area contributed by atoms with E-state index in [-0.39, 0.29) is 12.5 Å². The number of rotatable bonds is 6. The quantitative estimate of drug-likeness (QED) is 0.418. The molecule has 0 atom stereocenters. The van der Waals surface area contributed by atoms with Crippen molar-refractivity contribution in [3.05, 3.63) is 57.7 Å². The van der Waals surface area contributed by atoms with Crippen LogP contribution in [-0.2, 0) is 4.79 Å². The third-order valence-corrected chi connectivity index (χ3v) is 4.85. The van der Waals surface area contributed by atoms with Gasteiger partial charge in [0.05, 0.1) is 9.78 Å². The first-order chi connectivity index (χ1) is 12.2. The Balaban J connectivity index is 1.45. The van der Waals surface area contributed by atoms with Gasteiger partial charge in [-0.15, -0.1) is 0 Å². The first kappa shape index (κ1) is 17.7. The van der Waals surface area contributed by atoms with E-state index in [1.807, 2.05) is 36.4 Å². The second-order valence-corrected chi connectivity index (χ2v) is 6.96. The number of nitrogens with one attached hydrogen (secondary N) is 1. The van der Waals surface area contributed by atoms with Crippen LogP contribution in [0.5, 0.6) is 5.75 Å². The lowest BCUT2D eigenvalue weighted by molar-refractivity contribution is -0.123. The molecule has 0 radical (unpaired) electrons. The van der Waals surface area contributed by atoms with Crippen LogP contribution in [0.2, 0.25) is 0 Å². The van der Waals surface area contributed by atoms with E-state index in [1.165, 1.54) is 18.5 Å². The molecule has 2 aromatic rings. The Kier molecular flexibility index (Phi) is 6.27. The molecule has 0 unspecified atom stereocenters. The largest absolute Gasteiger partial charge is 0.483 e. The third-order valence-electron chi connectivity index (χ3n) is 3.96. The number of hydrazone groups is 1. The topological polar surface area (TPSA) is 53.9 Å². The van der Waals surface area contributed by atoms with E-state index in [1.54, 1.807) is 6.21 Å². The number of nitrogens with zero attached hydrogens (tertiary/aromatic N) is 2. The lowest BCUT2D eigenvalue weighted by Crippen LogP contribution is -2.24. The van der Waals surface area contributed by atoms with E-state index < -0.39 is 0 Å². The van der Waals surface area contributed by atoms with Crippen LogP contribution in [0.3, 0.4) is 0 Å². The Morgan fingerprint density at radius 2 is 1.88 bits per heavy atom. The molecule has 2 aromatic carbocycles. The SMILES string of the molecule is O=C(COc1ccccc1I)N/N=C/c1ccc(N2CCCC2)cc1. The Hall–Kier alpha value is -2.09. The van der Waals surface area contributed by atoms with Crippen molar-refractivity contribution in [2.75, 3.05) is 24.6 Å². The summed E-state index contributed by atoms with van der Waals surface area (Å²) in [4.78, 5) is 14.2. The van der Waals surface area contributed by atoms with Crippen molar-refractivity contribution in [1.29, 1.82) is 0 Å². The Morgan fingerprint density at radius 1 is 1.16 bits per heavy atom. The fourth-order valence-corrected chi connectivity index (χ4v) is 3.21. The maximum atomic E-state index is 11.8. The molecule has 0 aliphatic carbocycles. The zero-order valence-corrected chi connectivity index (χ0v) is 16.0. The number of anilines is 1. The summed E-state index contributed by atoms with van der Waals surface area (Å²) in [7, 11) is 0. The molecule has 0 saturated carbocycles. The fraction of sp³-hybridized carbons (Fsp3) is 0.263. The predicted molar refractivity (Wildman–Crippen MR) is 108 cm³/mol. The van der Waals surface area contributed by atoms with Gasteiger partial charge in [0.25, 0.3) is 5.91 Å². The zero-order chi connectivity index (χ0) is 17.5. The van der Waals surface area contributed by atoms with E-state index >= 15 is 0 Å². The number of halogens is 1. The van der Waals surface area contributed by atoms with Crippen molar-refractivity contribution in [1.82, 2.24) is 5.43 Å². The van der Waals surface area contributed by atoms with Crippen LogP contribution >= 0.6 is 22.6 Å². The number of hydrogen-bond acceptors (Lipinski definition) is 4. The molecule has 1 fully saturated rings. The van der Waals surface area contributed by atoms with Gasteiger partial charge in [-0.25, -0.2) is 5.43 Å². The maximum absolute atomic E-state index is 11.8. The molecule has 0 spiro atoms. The molecule has 1 aliphatic rings. The van der Waals surface area contributed by atoms with Gasteiger partial charge in [-0.1, -0.05) is 24.3 Å². The van der Waals surface area contributed by atoms with Gasteiger partial charge in [-0.3, -0.25) is 4.79 Å². The minimum absolute atomic E-state index is 0.0642. The molecule has 1 aliphatic heterocycles. The van der Waals surface area contributed by atoms with Gasteiger partial charge in [0.15, 0.2) is 6.61 Å². The highest BCUT2D eigenvalue weighted by atomic mass is 127. The molecule has 130 valence electrons. The van der Waals surface area contributed by atoms with Gasteiger partial charge < -0.3 is 9.64 Å². The van der Waals surface area contributed by atoms with Gasteiger partial charge in [0.2, 0.25) is 0 Å². The molecular weight excluding hydrogens is 429 g/mol. The summed E-state index contributed by atoms with van der Waals surface area (Å²) in [6.07, 6.45) is 4.16. The average molecular weight is 449 g/mol. The Bertz CT molecular complexity index is 741. The van der Waals surface area contributed by atoms with Crippen LogP contribution < -0.4 is 15.1 Å². The maximum Gasteiger partial charge on any atom is 0.277 e. The van der Waals surface area contributed by atoms with Gasteiger partial charge in [0, 0.05) is 18.8 Å². The summed E-state index contributed by atoms with van der Waals surface area (Å²) >= 11 is 2.17. The summed E-state index contributed by atoms with van der Waals surface area (Å²) in [6.45, 7) is 2.19. The number of hydrogen-bond donors (Lipinski definition) is 1. The molecule has 3 rings (SSSR count). The lowest BCUT2D eigenvalue weighted by Gasteiger charge is -2.17. The normalized spacial score (nSPS) is 14.0. The minimum atomic E-state index is -0.287. The van der Waals surface area contributed by atoms with Crippen molar-refractivity contribution >= 4 is 40.4 Å². The smallest absolute Gasteiger partial charge is 0.277 e. The third kappa shape index (κ3) is 5.19. The van der Waals surface area contributed by atoms with Crippen LogP contribution in [0.25, 0.3) is 0 Å². The second kappa shape index (κ2) is 8.84. The number of amides is 1. The average Bonchev–Trinajstić information content (AvgIpc) is 3.16.